The summed E-state index contributed by atoms with van der Waals surface area (Å²) in [5.41, 5.74) is 1.02. The number of fused-ring (bicyclic) bond motifs is 1. The molecule has 1 N–H and O–H groups in total. The molecule has 2 aromatic rings. The van der Waals surface area contributed by atoms with Crippen LogP contribution in [0.1, 0.15) is 13.3 Å². The smallest absolute Gasteiger partial charge is 0.226 e. The number of nitrogens with zero attached hydrogens (tertiary/aromatic N) is 3. The van der Waals surface area contributed by atoms with Gasteiger partial charge in [-0.2, -0.15) is 0 Å². The van der Waals surface area contributed by atoms with Gasteiger partial charge in [0, 0.05) is 31.2 Å². The lowest BCUT2D eigenvalue weighted by atomic mass is 10.1. The highest BCUT2D eigenvalue weighted by atomic mass is 15.3. The monoisotopic (exact) mass is 242 g/mol. The second-order valence-electron chi connectivity index (χ2n) is 4.73. The van der Waals surface area contributed by atoms with Crippen LogP contribution in [-0.4, -0.2) is 35.6 Å². The number of anilines is 1. The van der Waals surface area contributed by atoms with Gasteiger partial charge in [-0.3, -0.25) is 0 Å². The van der Waals surface area contributed by atoms with Gasteiger partial charge in [0.25, 0.3) is 0 Å². The van der Waals surface area contributed by atoms with E-state index in [1.807, 2.05) is 30.5 Å². The molecule has 4 nitrogen and oxygen atoms in total. The predicted molar refractivity (Wildman–Crippen MR) is 73.8 cm³/mol. The van der Waals surface area contributed by atoms with Gasteiger partial charge in [-0.25, -0.2) is 9.97 Å². The maximum absolute atomic E-state index is 4.68. The summed E-state index contributed by atoms with van der Waals surface area (Å²) in [6.07, 6.45) is 3.04. The molecule has 0 saturated carbocycles. The molecule has 1 aromatic heterocycles. The molecule has 0 unspecified atom stereocenters. The van der Waals surface area contributed by atoms with E-state index in [0.29, 0.717) is 6.04 Å². The minimum absolute atomic E-state index is 0.547. The number of nitrogens with one attached hydrogen (secondary N) is 1. The van der Waals surface area contributed by atoms with E-state index in [4.69, 9.17) is 0 Å². The van der Waals surface area contributed by atoms with Gasteiger partial charge in [-0.1, -0.05) is 25.1 Å². The normalized spacial score (nSPS) is 15.6. The van der Waals surface area contributed by atoms with Crippen LogP contribution in [0.4, 0.5) is 5.95 Å². The van der Waals surface area contributed by atoms with Crippen LogP contribution >= 0.6 is 0 Å². The summed E-state index contributed by atoms with van der Waals surface area (Å²) in [6, 6.07) is 8.68. The van der Waals surface area contributed by atoms with Gasteiger partial charge in [0.05, 0.1) is 11.6 Å². The average molecular weight is 242 g/mol. The molecule has 3 rings (SSSR count). The summed E-state index contributed by atoms with van der Waals surface area (Å²) in [4.78, 5) is 11.5. The maximum Gasteiger partial charge on any atom is 0.226 e. The van der Waals surface area contributed by atoms with Crippen LogP contribution in [0, 0.1) is 0 Å². The fourth-order valence-electron chi connectivity index (χ4n) is 2.28. The molecule has 0 radical (unpaired) electrons. The molecule has 1 aromatic carbocycles. The molecule has 1 aliphatic rings. The van der Waals surface area contributed by atoms with Crippen LogP contribution in [0.25, 0.3) is 10.9 Å². The van der Waals surface area contributed by atoms with Crippen LogP contribution in [0.15, 0.2) is 30.5 Å². The largest absolute Gasteiger partial charge is 0.335 e. The molecule has 2 heterocycles. The van der Waals surface area contributed by atoms with Crippen LogP contribution in [-0.2, 0) is 0 Å². The Morgan fingerprint density at radius 1 is 1.33 bits per heavy atom. The number of benzene rings is 1. The van der Waals surface area contributed by atoms with Crippen LogP contribution in [0.2, 0.25) is 0 Å². The minimum Gasteiger partial charge on any atom is -0.335 e. The molecule has 0 bridgehead atoms. The molecule has 18 heavy (non-hydrogen) atoms. The van der Waals surface area contributed by atoms with E-state index < -0.39 is 0 Å². The maximum atomic E-state index is 4.68. The lowest BCUT2D eigenvalue weighted by molar-refractivity contribution is 0.408. The molecular formula is C14H18N4. The summed E-state index contributed by atoms with van der Waals surface area (Å²) >= 11 is 0. The summed E-state index contributed by atoms with van der Waals surface area (Å²) in [5, 5.41) is 4.41. The highest BCUT2D eigenvalue weighted by Crippen LogP contribution is 2.18. The van der Waals surface area contributed by atoms with Crippen molar-refractivity contribution in [3.63, 3.8) is 0 Å². The topological polar surface area (TPSA) is 41.1 Å². The van der Waals surface area contributed by atoms with Crippen molar-refractivity contribution >= 4 is 16.9 Å². The molecule has 0 amide bonds. The Hall–Kier alpha value is -1.68. The Labute approximate surface area is 107 Å². The second kappa shape index (κ2) is 4.90. The molecule has 1 saturated heterocycles. The highest BCUT2D eigenvalue weighted by Gasteiger charge is 2.25. The van der Waals surface area contributed by atoms with Crippen molar-refractivity contribution in [1.29, 1.82) is 0 Å². The van der Waals surface area contributed by atoms with Crippen molar-refractivity contribution in [2.24, 2.45) is 0 Å². The zero-order chi connectivity index (χ0) is 12.4. The summed E-state index contributed by atoms with van der Waals surface area (Å²) < 4.78 is 0. The van der Waals surface area contributed by atoms with Crippen LogP contribution in [0.5, 0.6) is 0 Å². The van der Waals surface area contributed by atoms with Crippen LogP contribution in [0.3, 0.4) is 0 Å². The number of hydrogen-bond donors (Lipinski definition) is 1. The van der Waals surface area contributed by atoms with E-state index in [2.05, 4.69) is 27.1 Å². The van der Waals surface area contributed by atoms with E-state index in [1.54, 1.807) is 0 Å². The first-order chi connectivity index (χ1) is 8.88. The van der Waals surface area contributed by atoms with E-state index in [9.17, 15) is 0 Å². The Balaban J connectivity index is 1.95. The minimum atomic E-state index is 0.547. The third-order valence-corrected chi connectivity index (χ3v) is 3.40. The van der Waals surface area contributed by atoms with Crippen molar-refractivity contribution in [3.05, 3.63) is 30.5 Å². The van der Waals surface area contributed by atoms with E-state index in [1.165, 1.54) is 0 Å². The first-order valence-electron chi connectivity index (χ1n) is 6.57. The fourth-order valence-corrected chi connectivity index (χ4v) is 2.28. The Morgan fingerprint density at radius 3 is 2.89 bits per heavy atom. The van der Waals surface area contributed by atoms with E-state index in [-0.39, 0.29) is 0 Å². The average Bonchev–Trinajstić information content (AvgIpc) is 2.35. The summed E-state index contributed by atoms with van der Waals surface area (Å²) in [7, 11) is 0. The van der Waals surface area contributed by atoms with Gasteiger partial charge in [-0.05, 0) is 12.5 Å². The van der Waals surface area contributed by atoms with Gasteiger partial charge >= 0.3 is 0 Å². The standard InChI is InChI=1S/C14H18N4/c1-2-7-18(12-9-15-10-12)14-16-8-11-5-3-4-6-13(11)17-14/h3-6,8,12,15H,2,7,9-10H2,1H3. The van der Waals surface area contributed by atoms with Crippen LogP contribution < -0.4 is 10.2 Å². The third kappa shape index (κ3) is 2.04. The van der Waals surface area contributed by atoms with Crippen molar-refractivity contribution < 1.29 is 0 Å². The number of hydrogen-bond acceptors (Lipinski definition) is 4. The van der Waals surface area contributed by atoms with Gasteiger partial charge in [-0.15, -0.1) is 0 Å². The van der Waals surface area contributed by atoms with Gasteiger partial charge in [0.2, 0.25) is 5.95 Å². The van der Waals surface area contributed by atoms with Crippen molar-refractivity contribution in [3.8, 4) is 0 Å². The van der Waals surface area contributed by atoms with Crippen molar-refractivity contribution in [2.75, 3.05) is 24.5 Å². The lowest BCUT2D eigenvalue weighted by Gasteiger charge is -2.38. The quantitative estimate of drug-likeness (QED) is 0.888. The Morgan fingerprint density at radius 2 is 2.17 bits per heavy atom. The third-order valence-electron chi connectivity index (χ3n) is 3.40. The lowest BCUT2D eigenvalue weighted by Crippen LogP contribution is -2.58. The van der Waals surface area contributed by atoms with Crippen molar-refractivity contribution in [2.45, 2.75) is 19.4 Å². The molecule has 1 aliphatic heterocycles. The van der Waals surface area contributed by atoms with Gasteiger partial charge < -0.3 is 10.2 Å². The molecule has 1 fully saturated rings. The molecular weight excluding hydrogens is 224 g/mol. The zero-order valence-electron chi connectivity index (χ0n) is 10.6. The van der Waals surface area contributed by atoms with Gasteiger partial charge in [0.15, 0.2) is 0 Å². The zero-order valence-corrected chi connectivity index (χ0v) is 10.6. The Kier molecular flexibility index (Phi) is 3.11. The fraction of sp³-hybridized carbons (Fsp3) is 0.429. The molecule has 94 valence electrons. The predicted octanol–water partition coefficient (Wildman–Crippen LogP) is 1.82. The van der Waals surface area contributed by atoms with E-state index >= 15 is 0 Å². The summed E-state index contributed by atoms with van der Waals surface area (Å²) in [5.74, 6) is 0.863. The molecule has 0 spiro atoms. The number of para-hydroxylation sites is 1. The first kappa shape index (κ1) is 11.4. The molecule has 0 aliphatic carbocycles. The second-order valence-corrected chi connectivity index (χ2v) is 4.73. The number of rotatable bonds is 4. The first-order valence-corrected chi connectivity index (χ1v) is 6.57. The van der Waals surface area contributed by atoms with Crippen molar-refractivity contribution in [1.82, 2.24) is 15.3 Å². The Bertz CT molecular complexity index is 536. The van der Waals surface area contributed by atoms with Gasteiger partial charge in [0.1, 0.15) is 0 Å². The molecule has 0 atom stereocenters. The molecule has 4 heteroatoms. The number of aromatic nitrogens is 2. The van der Waals surface area contributed by atoms with E-state index in [0.717, 1.165) is 42.9 Å². The SMILES string of the molecule is CCCN(c1ncc2ccccc2n1)C1CNC1. The summed E-state index contributed by atoms with van der Waals surface area (Å²) in [6.45, 7) is 5.29. The highest BCUT2D eigenvalue weighted by molar-refractivity contribution is 5.78.